The molecule has 84 valence electrons. The second kappa shape index (κ2) is 5.53. The fourth-order valence-electron chi connectivity index (χ4n) is 1.23. The lowest BCUT2D eigenvalue weighted by Crippen LogP contribution is -2.14. The summed E-state index contributed by atoms with van der Waals surface area (Å²) in [4.78, 5) is 11.0. The van der Waals surface area contributed by atoms with Crippen LogP contribution in [0.2, 0.25) is 0 Å². The van der Waals surface area contributed by atoms with Crippen molar-refractivity contribution < 1.29 is 14.9 Å². The minimum atomic E-state index is -0.375. The van der Waals surface area contributed by atoms with Crippen molar-refractivity contribution >= 4 is 0 Å². The first-order valence-electron chi connectivity index (χ1n) is 4.74. The van der Waals surface area contributed by atoms with Gasteiger partial charge in [0.1, 0.15) is 0 Å². The number of aliphatic hydroxyl groups excluding tert-OH is 1. The molecule has 1 heterocycles. The summed E-state index contributed by atoms with van der Waals surface area (Å²) in [7, 11) is 0. The summed E-state index contributed by atoms with van der Waals surface area (Å²) in [6.07, 6.45) is 1.61. The molecule has 1 rings (SSSR count). The van der Waals surface area contributed by atoms with Crippen molar-refractivity contribution in [1.82, 2.24) is 4.57 Å². The summed E-state index contributed by atoms with van der Waals surface area (Å²) in [6, 6.07) is 1.31. The van der Waals surface area contributed by atoms with Gasteiger partial charge >= 0.3 is 0 Å². The molecule has 0 saturated heterocycles. The number of rotatable bonds is 5. The average molecular weight is 213 g/mol. The highest BCUT2D eigenvalue weighted by molar-refractivity contribution is 5.25. The number of ether oxygens (including phenoxy) is 1. The molecule has 0 aliphatic heterocycles. The minimum Gasteiger partial charge on any atom is -0.503 e. The zero-order valence-corrected chi connectivity index (χ0v) is 8.64. The van der Waals surface area contributed by atoms with Crippen LogP contribution in [0.5, 0.6) is 5.75 Å². The van der Waals surface area contributed by atoms with Crippen molar-refractivity contribution in [3.63, 3.8) is 0 Å². The van der Waals surface area contributed by atoms with Crippen molar-refractivity contribution in [1.29, 1.82) is 0 Å². The lowest BCUT2D eigenvalue weighted by molar-refractivity contribution is 0.0865. The van der Waals surface area contributed by atoms with E-state index >= 15 is 0 Å². The number of hydrogen-bond acceptors (Lipinski definition) is 4. The van der Waals surface area contributed by atoms with Crippen LogP contribution in [0.15, 0.2) is 17.1 Å². The van der Waals surface area contributed by atoms with E-state index in [0.717, 1.165) is 0 Å². The molecule has 0 unspecified atom stereocenters. The highest BCUT2D eigenvalue weighted by atomic mass is 16.5. The van der Waals surface area contributed by atoms with Crippen molar-refractivity contribution in [3.8, 4) is 5.75 Å². The molecular weight excluding hydrogens is 198 g/mol. The maximum Gasteiger partial charge on any atom is 0.223 e. The predicted octanol–water partition coefficient (Wildman–Crippen LogP) is -0.129. The quantitative estimate of drug-likeness (QED) is 0.668. The van der Waals surface area contributed by atoms with Crippen LogP contribution in [0.25, 0.3) is 0 Å². The fourth-order valence-corrected chi connectivity index (χ4v) is 1.23. The second-order valence-corrected chi connectivity index (χ2v) is 3.14. The maximum atomic E-state index is 11.0. The molecule has 1 aromatic rings. The van der Waals surface area contributed by atoms with Crippen LogP contribution in [-0.4, -0.2) is 34.6 Å². The SMILES string of the molecule is Cc1c(O)c(=O)ccn1CCOCCO. The van der Waals surface area contributed by atoms with Crippen molar-refractivity contribution in [2.45, 2.75) is 13.5 Å². The van der Waals surface area contributed by atoms with E-state index in [1.807, 2.05) is 0 Å². The van der Waals surface area contributed by atoms with Gasteiger partial charge in [0, 0.05) is 18.8 Å². The first-order chi connectivity index (χ1) is 7.16. The third-order valence-electron chi connectivity index (χ3n) is 2.12. The topological polar surface area (TPSA) is 71.7 Å². The Kier molecular flexibility index (Phi) is 4.33. The number of aliphatic hydroxyl groups is 1. The first-order valence-corrected chi connectivity index (χ1v) is 4.74. The van der Waals surface area contributed by atoms with E-state index < -0.39 is 0 Å². The molecule has 0 aromatic carbocycles. The lowest BCUT2D eigenvalue weighted by Gasteiger charge is -2.11. The van der Waals surface area contributed by atoms with Crippen LogP contribution in [0.1, 0.15) is 5.69 Å². The number of pyridine rings is 1. The molecule has 0 aliphatic carbocycles. The van der Waals surface area contributed by atoms with E-state index in [1.54, 1.807) is 17.7 Å². The van der Waals surface area contributed by atoms with Crippen LogP contribution in [0.3, 0.4) is 0 Å². The van der Waals surface area contributed by atoms with Gasteiger partial charge in [-0.25, -0.2) is 0 Å². The predicted molar refractivity (Wildman–Crippen MR) is 55.0 cm³/mol. The van der Waals surface area contributed by atoms with E-state index in [-0.39, 0.29) is 17.8 Å². The molecule has 0 spiro atoms. The normalized spacial score (nSPS) is 10.5. The Balaban J connectivity index is 2.62. The lowest BCUT2D eigenvalue weighted by atomic mass is 10.3. The van der Waals surface area contributed by atoms with Gasteiger partial charge in [-0.15, -0.1) is 0 Å². The molecule has 0 fully saturated rings. The van der Waals surface area contributed by atoms with Gasteiger partial charge in [0.25, 0.3) is 0 Å². The number of aromatic nitrogens is 1. The molecule has 5 nitrogen and oxygen atoms in total. The molecule has 0 amide bonds. The third kappa shape index (κ3) is 3.07. The van der Waals surface area contributed by atoms with Crippen molar-refractivity contribution in [2.24, 2.45) is 0 Å². The Hall–Kier alpha value is -1.33. The van der Waals surface area contributed by atoms with E-state index in [0.29, 0.717) is 25.5 Å². The summed E-state index contributed by atoms with van der Waals surface area (Å²) >= 11 is 0. The number of nitrogens with zero attached hydrogens (tertiary/aromatic N) is 1. The molecule has 0 aliphatic rings. The van der Waals surface area contributed by atoms with E-state index in [1.165, 1.54) is 6.07 Å². The van der Waals surface area contributed by atoms with Gasteiger partial charge in [0.2, 0.25) is 5.43 Å². The van der Waals surface area contributed by atoms with Gasteiger partial charge in [-0.3, -0.25) is 4.79 Å². The highest BCUT2D eigenvalue weighted by Crippen LogP contribution is 2.08. The Labute approximate surface area is 87.5 Å². The van der Waals surface area contributed by atoms with Gasteiger partial charge in [-0.05, 0) is 6.92 Å². The summed E-state index contributed by atoms with van der Waals surface area (Å²) in [5.41, 5.74) is 0.148. The van der Waals surface area contributed by atoms with Crippen LogP contribution < -0.4 is 5.43 Å². The van der Waals surface area contributed by atoms with Crippen LogP contribution >= 0.6 is 0 Å². The zero-order valence-electron chi connectivity index (χ0n) is 8.64. The molecule has 0 radical (unpaired) electrons. The first kappa shape index (κ1) is 11.7. The fraction of sp³-hybridized carbons (Fsp3) is 0.500. The highest BCUT2D eigenvalue weighted by Gasteiger charge is 2.04. The van der Waals surface area contributed by atoms with Crippen LogP contribution in [0.4, 0.5) is 0 Å². The average Bonchev–Trinajstić information content (AvgIpc) is 2.24. The van der Waals surface area contributed by atoms with Gasteiger partial charge in [0.05, 0.1) is 25.5 Å². The van der Waals surface area contributed by atoms with Gasteiger partial charge in [-0.1, -0.05) is 0 Å². The molecule has 5 heteroatoms. The summed E-state index contributed by atoms with van der Waals surface area (Å²) < 4.78 is 6.81. The summed E-state index contributed by atoms with van der Waals surface area (Å²) in [5.74, 6) is -0.223. The molecule has 0 saturated carbocycles. The van der Waals surface area contributed by atoms with Crippen LogP contribution in [-0.2, 0) is 11.3 Å². The Morgan fingerprint density at radius 3 is 2.87 bits per heavy atom. The molecule has 15 heavy (non-hydrogen) atoms. The Morgan fingerprint density at radius 2 is 2.20 bits per heavy atom. The van der Waals surface area contributed by atoms with E-state index in [4.69, 9.17) is 9.84 Å². The minimum absolute atomic E-state index is 0.00556. The Morgan fingerprint density at radius 1 is 1.47 bits per heavy atom. The molecular formula is C10H15NO4. The standard InChI is InChI=1S/C10H15NO4/c1-8-10(14)9(13)2-3-11(8)4-6-15-7-5-12/h2-3,12,14H,4-7H2,1H3. The summed E-state index contributed by atoms with van der Waals surface area (Å²) in [5, 5.41) is 17.9. The Bertz CT molecular complexity index is 372. The van der Waals surface area contributed by atoms with Gasteiger partial charge < -0.3 is 19.5 Å². The van der Waals surface area contributed by atoms with Crippen molar-refractivity contribution in [2.75, 3.05) is 19.8 Å². The largest absolute Gasteiger partial charge is 0.503 e. The molecule has 0 atom stereocenters. The maximum absolute atomic E-state index is 11.0. The number of hydrogen-bond donors (Lipinski definition) is 2. The smallest absolute Gasteiger partial charge is 0.223 e. The second-order valence-electron chi connectivity index (χ2n) is 3.14. The molecule has 1 aromatic heterocycles. The van der Waals surface area contributed by atoms with Crippen LogP contribution in [0, 0.1) is 6.92 Å². The van der Waals surface area contributed by atoms with Crippen molar-refractivity contribution in [3.05, 3.63) is 28.2 Å². The summed E-state index contributed by atoms with van der Waals surface area (Å²) in [6.45, 7) is 2.94. The molecule has 0 bridgehead atoms. The molecule has 2 N–H and O–H groups in total. The van der Waals surface area contributed by atoms with E-state index in [9.17, 15) is 9.90 Å². The van der Waals surface area contributed by atoms with E-state index in [2.05, 4.69) is 0 Å². The van der Waals surface area contributed by atoms with Gasteiger partial charge in [0.15, 0.2) is 5.75 Å². The van der Waals surface area contributed by atoms with Gasteiger partial charge in [-0.2, -0.15) is 0 Å². The third-order valence-corrected chi connectivity index (χ3v) is 2.12. The number of aromatic hydroxyl groups is 1. The zero-order chi connectivity index (χ0) is 11.3. The monoisotopic (exact) mass is 213 g/mol.